The molecule has 8 rings (SSSR count). The Balaban J connectivity index is 1.49. The second-order valence-electron chi connectivity index (χ2n) is 9.80. The quantitative estimate of drug-likeness (QED) is 0.231. The van der Waals surface area contributed by atoms with Crippen LogP contribution in [0, 0.1) is 0 Å². The fraction of sp³-hybridized carbons (Fsp3) is 0.0286. The van der Waals surface area contributed by atoms with Crippen LogP contribution in [0.15, 0.2) is 126 Å². The Kier molecular flexibility index (Phi) is 4.44. The summed E-state index contributed by atoms with van der Waals surface area (Å²) < 4.78 is 14.0. The lowest BCUT2D eigenvalue weighted by Crippen LogP contribution is -1.91. The Morgan fingerprint density at radius 3 is 2.24 bits per heavy atom. The van der Waals surface area contributed by atoms with Crippen molar-refractivity contribution in [1.29, 1.82) is 0 Å². The maximum atomic E-state index is 6.31. The highest BCUT2D eigenvalue weighted by Crippen LogP contribution is 2.41. The zero-order chi connectivity index (χ0) is 25.2. The Labute approximate surface area is 219 Å². The lowest BCUT2D eigenvalue weighted by atomic mass is 9.91. The summed E-state index contributed by atoms with van der Waals surface area (Å²) in [5.74, 6) is 0.851. The Morgan fingerprint density at radius 1 is 0.579 bits per heavy atom. The maximum absolute atomic E-state index is 6.31. The summed E-state index contributed by atoms with van der Waals surface area (Å²) in [5.41, 5.74) is 6.52. The van der Waals surface area contributed by atoms with Crippen LogP contribution < -0.4 is 4.74 Å². The van der Waals surface area contributed by atoms with E-state index in [1.54, 1.807) is 7.11 Å². The summed E-state index contributed by atoms with van der Waals surface area (Å²) in [6.45, 7) is 0. The van der Waals surface area contributed by atoms with Crippen molar-refractivity contribution in [3.63, 3.8) is 0 Å². The molecule has 180 valence electrons. The van der Waals surface area contributed by atoms with Crippen molar-refractivity contribution in [2.75, 3.05) is 7.11 Å². The van der Waals surface area contributed by atoms with Crippen molar-refractivity contribution >= 4 is 54.4 Å². The second kappa shape index (κ2) is 7.99. The average Bonchev–Trinajstić information content (AvgIpc) is 3.56. The van der Waals surface area contributed by atoms with E-state index in [1.807, 2.05) is 24.3 Å². The molecule has 2 aromatic heterocycles. The molecule has 0 spiro atoms. The predicted octanol–water partition coefficient (Wildman–Crippen LogP) is 9.51. The van der Waals surface area contributed by atoms with Crippen molar-refractivity contribution in [1.82, 2.24) is 4.57 Å². The van der Waals surface area contributed by atoms with E-state index in [9.17, 15) is 0 Å². The summed E-state index contributed by atoms with van der Waals surface area (Å²) in [6.07, 6.45) is 2.16. The minimum atomic E-state index is 0.851. The van der Waals surface area contributed by atoms with Gasteiger partial charge in [0, 0.05) is 28.0 Å². The zero-order valence-corrected chi connectivity index (χ0v) is 20.8. The average molecular weight is 490 g/mol. The summed E-state index contributed by atoms with van der Waals surface area (Å²) in [6, 6.07) is 40.8. The monoisotopic (exact) mass is 489 g/mol. The van der Waals surface area contributed by atoms with Crippen molar-refractivity contribution < 1.29 is 9.15 Å². The lowest BCUT2D eigenvalue weighted by Gasteiger charge is -2.13. The first-order valence-electron chi connectivity index (χ1n) is 12.8. The third-order valence-electron chi connectivity index (χ3n) is 7.69. The van der Waals surface area contributed by atoms with Crippen LogP contribution in [0.3, 0.4) is 0 Å². The molecular weight excluding hydrogens is 466 g/mol. The SMILES string of the molecule is COc1ccc(-c2cc3cc4c(ccn4-c4ccccc4)cc3c3cc4oc5ccccc5c4cc23)cc1. The highest BCUT2D eigenvalue weighted by Gasteiger charge is 2.15. The van der Waals surface area contributed by atoms with Gasteiger partial charge < -0.3 is 13.7 Å². The molecule has 0 atom stereocenters. The first kappa shape index (κ1) is 21.1. The molecule has 0 N–H and O–H groups in total. The minimum Gasteiger partial charge on any atom is -0.497 e. The molecule has 0 fully saturated rings. The van der Waals surface area contributed by atoms with Gasteiger partial charge in [0.25, 0.3) is 0 Å². The highest BCUT2D eigenvalue weighted by molar-refractivity contribution is 6.21. The number of rotatable bonds is 3. The number of hydrogen-bond acceptors (Lipinski definition) is 2. The highest BCUT2D eigenvalue weighted by atomic mass is 16.5. The Hall–Kier alpha value is -5.02. The zero-order valence-electron chi connectivity index (χ0n) is 20.8. The van der Waals surface area contributed by atoms with Gasteiger partial charge in [-0.3, -0.25) is 0 Å². The molecule has 2 heterocycles. The molecule has 0 amide bonds. The van der Waals surface area contributed by atoms with Gasteiger partial charge in [-0.05, 0) is 99.4 Å². The topological polar surface area (TPSA) is 27.3 Å². The van der Waals surface area contributed by atoms with Gasteiger partial charge in [-0.2, -0.15) is 0 Å². The number of para-hydroxylation sites is 2. The molecule has 0 aliphatic rings. The second-order valence-corrected chi connectivity index (χ2v) is 9.80. The van der Waals surface area contributed by atoms with Crippen LogP contribution in [0.5, 0.6) is 5.75 Å². The number of nitrogens with zero attached hydrogens (tertiary/aromatic N) is 1. The van der Waals surface area contributed by atoms with Gasteiger partial charge in [-0.25, -0.2) is 0 Å². The molecule has 0 aliphatic heterocycles. The van der Waals surface area contributed by atoms with E-state index in [0.29, 0.717) is 0 Å². The number of hydrogen-bond donors (Lipinski definition) is 0. The van der Waals surface area contributed by atoms with Gasteiger partial charge in [0.05, 0.1) is 12.6 Å². The standard InChI is InChI=1S/C35H23NO2/c1-37-26-13-11-22(12-14-26)28-18-24-19-33-23(15-16-36(33)25-7-3-2-4-8-25)17-29(24)31-21-35-32(20-30(28)31)27-9-5-6-10-34(27)38-35/h2-21H,1H3. The van der Waals surface area contributed by atoms with Crippen LogP contribution >= 0.6 is 0 Å². The first-order chi connectivity index (χ1) is 18.8. The molecule has 3 nitrogen and oxygen atoms in total. The van der Waals surface area contributed by atoms with Crippen LogP contribution in [0.1, 0.15) is 0 Å². The number of benzene rings is 6. The van der Waals surface area contributed by atoms with Crippen LogP contribution in [-0.2, 0) is 0 Å². The molecule has 38 heavy (non-hydrogen) atoms. The maximum Gasteiger partial charge on any atom is 0.136 e. The number of methoxy groups -OCH3 is 1. The van der Waals surface area contributed by atoms with Crippen LogP contribution in [0.25, 0.3) is 71.2 Å². The first-order valence-corrected chi connectivity index (χ1v) is 12.8. The molecule has 6 aromatic carbocycles. The molecule has 0 bridgehead atoms. The Morgan fingerprint density at radius 2 is 1.39 bits per heavy atom. The van der Waals surface area contributed by atoms with Crippen LogP contribution in [0.2, 0.25) is 0 Å². The molecule has 0 saturated heterocycles. The molecule has 0 radical (unpaired) electrons. The molecule has 0 unspecified atom stereocenters. The van der Waals surface area contributed by atoms with Crippen LogP contribution in [0.4, 0.5) is 0 Å². The number of furan rings is 1. The van der Waals surface area contributed by atoms with E-state index >= 15 is 0 Å². The number of ether oxygens (including phenoxy) is 1. The van der Waals surface area contributed by atoms with Gasteiger partial charge in [-0.1, -0.05) is 48.5 Å². The summed E-state index contributed by atoms with van der Waals surface area (Å²) in [7, 11) is 1.70. The van der Waals surface area contributed by atoms with Crippen molar-refractivity contribution in [2.24, 2.45) is 0 Å². The third kappa shape index (κ3) is 3.09. The van der Waals surface area contributed by atoms with Crippen LogP contribution in [-0.4, -0.2) is 11.7 Å². The van der Waals surface area contributed by atoms with E-state index in [-0.39, 0.29) is 0 Å². The van der Waals surface area contributed by atoms with E-state index in [2.05, 4.69) is 102 Å². The summed E-state index contributed by atoms with van der Waals surface area (Å²) in [5, 5.41) is 8.31. The van der Waals surface area contributed by atoms with Gasteiger partial charge in [0.1, 0.15) is 16.9 Å². The molecular formula is C35H23NO2. The summed E-state index contributed by atoms with van der Waals surface area (Å²) >= 11 is 0. The van der Waals surface area contributed by atoms with Gasteiger partial charge >= 0.3 is 0 Å². The summed E-state index contributed by atoms with van der Waals surface area (Å²) in [4.78, 5) is 0. The molecule has 3 heteroatoms. The Bertz CT molecular complexity index is 2150. The van der Waals surface area contributed by atoms with Gasteiger partial charge in [0.2, 0.25) is 0 Å². The fourth-order valence-electron chi connectivity index (χ4n) is 5.82. The van der Waals surface area contributed by atoms with E-state index < -0.39 is 0 Å². The number of aromatic nitrogens is 1. The third-order valence-corrected chi connectivity index (χ3v) is 7.69. The fourth-order valence-corrected chi connectivity index (χ4v) is 5.82. The normalized spacial score (nSPS) is 11.8. The molecule has 8 aromatic rings. The van der Waals surface area contributed by atoms with E-state index in [4.69, 9.17) is 9.15 Å². The van der Waals surface area contributed by atoms with E-state index in [1.165, 1.54) is 38.0 Å². The van der Waals surface area contributed by atoms with Gasteiger partial charge in [-0.15, -0.1) is 0 Å². The minimum absolute atomic E-state index is 0.851. The molecule has 0 aliphatic carbocycles. The van der Waals surface area contributed by atoms with Crippen molar-refractivity contribution in [2.45, 2.75) is 0 Å². The van der Waals surface area contributed by atoms with Crippen molar-refractivity contribution in [3.05, 3.63) is 121 Å². The van der Waals surface area contributed by atoms with Gasteiger partial charge in [0.15, 0.2) is 0 Å². The molecule has 0 saturated carbocycles. The predicted molar refractivity (Wildman–Crippen MR) is 158 cm³/mol. The number of fused-ring (bicyclic) bond motifs is 7. The lowest BCUT2D eigenvalue weighted by molar-refractivity contribution is 0.415. The largest absolute Gasteiger partial charge is 0.497 e. The smallest absolute Gasteiger partial charge is 0.136 e. The van der Waals surface area contributed by atoms with Crippen molar-refractivity contribution in [3.8, 4) is 22.6 Å². The van der Waals surface area contributed by atoms with E-state index in [0.717, 1.165) is 38.9 Å².